The number of hydrogen-bond acceptors (Lipinski definition) is 6. The van der Waals surface area contributed by atoms with E-state index in [1.165, 1.54) is 11.1 Å². The van der Waals surface area contributed by atoms with Crippen LogP contribution < -0.4 is 4.74 Å². The van der Waals surface area contributed by atoms with Crippen LogP contribution in [0.3, 0.4) is 0 Å². The van der Waals surface area contributed by atoms with Gasteiger partial charge in [-0.2, -0.15) is 0 Å². The molecule has 0 aliphatic carbocycles. The molecule has 0 radical (unpaired) electrons. The van der Waals surface area contributed by atoms with E-state index < -0.39 is 36.6 Å². The summed E-state index contributed by atoms with van der Waals surface area (Å²) in [7, 11) is 3.49. The molecule has 0 spiro atoms. The number of rotatable bonds is 10. The van der Waals surface area contributed by atoms with Crippen LogP contribution in [0, 0.1) is 0 Å². The van der Waals surface area contributed by atoms with Crippen molar-refractivity contribution in [3.05, 3.63) is 102 Å². The van der Waals surface area contributed by atoms with Crippen molar-refractivity contribution in [3.63, 3.8) is 0 Å². The van der Waals surface area contributed by atoms with Gasteiger partial charge in [-0.15, -0.1) is 0 Å². The fraction of sp³-hybridized carbons (Fsp3) is 0.344. The molecule has 8 nitrogen and oxygen atoms in total. The number of carboxylic acids is 1. The lowest BCUT2D eigenvalue weighted by Gasteiger charge is -2.46. The van der Waals surface area contributed by atoms with E-state index in [0.29, 0.717) is 12.3 Å². The standard InChI is InChI=1S/C32H37NO7/c1-4-25(21-11-7-5-8-12-21)26(22-13-9-6-10-14-22)23-15-17-24(18-16-23)39-20-19-33(2,3)31-29(36)27(34)28(35)30(40-31)32(37)38/h5-18,27-31,34-36H,4,19-20H2,1-3H3/p+1/b26-25-/t27-,28-,29+,30-,31?/m0/s1. The summed E-state index contributed by atoms with van der Waals surface area (Å²) < 4.78 is 11.5. The summed E-state index contributed by atoms with van der Waals surface area (Å²) in [5, 5.41) is 40.0. The third-order valence-electron chi connectivity index (χ3n) is 7.44. The van der Waals surface area contributed by atoms with Crippen LogP contribution in [0.4, 0.5) is 0 Å². The van der Waals surface area contributed by atoms with Crippen LogP contribution in [0.15, 0.2) is 84.9 Å². The first-order valence-corrected chi connectivity index (χ1v) is 13.5. The molecule has 1 unspecified atom stereocenters. The number of likely N-dealkylation sites (N-methyl/N-ethyl adjacent to an activating group) is 1. The average molecular weight is 549 g/mol. The van der Waals surface area contributed by atoms with E-state index in [1.54, 1.807) is 14.1 Å². The van der Waals surface area contributed by atoms with Crippen LogP contribution in [0.1, 0.15) is 30.0 Å². The van der Waals surface area contributed by atoms with Gasteiger partial charge in [-0.1, -0.05) is 79.7 Å². The molecule has 0 bridgehead atoms. The van der Waals surface area contributed by atoms with Crippen molar-refractivity contribution in [2.75, 3.05) is 27.2 Å². The van der Waals surface area contributed by atoms with E-state index in [2.05, 4.69) is 31.2 Å². The number of carboxylic acid groups (broad SMARTS) is 1. The summed E-state index contributed by atoms with van der Waals surface area (Å²) in [4.78, 5) is 11.5. The SMILES string of the molecule is CC/C(=C(\c1ccccc1)c1ccc(OCC[N+](C)(C)C2O[C@H](C(=O)O)[C@@H](O)[C@H](O)[C@H]2O)cc1)c1ccccc1. The number of aliphatic hydroxyl groups excluding tert-OH is 3. The van der Waals surface area contributed by atoms with E-state index in [1.807, 2.05) is 60.7 Å². The Hall–Kier alpha value is -3.53. The third-order valence-corrected chi connectivity index (χ3v) is 7.44. The molecule has 40 heavy (non-hydrogen) atoms. The Morgan fingerprint density at radius 2 is 1.35 bits per heavy atom. The van der Waals surface area contributed by atoms with E-state index in [4.69, 9.17) is 9.47 Å². The smallest absolute Gasteiger partial charge is 0.335 e. The highest BCUT2D eigenvalue weighted by atomic mass is 16.6. The number of allylic oxidation sites excluding steroid dienone is 1. The molecule has 1 heterocycles. The number of aliphatic hydroxyl groups is 3. The zero-order valence-electron chi connectivity index (χ0n) is 23.1. The molecule has 1 aliphatic heterocycles. The summed E-state index contributed by atoms with van der Waals surface area (Å²) >= 11 is 0. The maximum absolute atomic E-state index is 11.5. The molecule has 8 heteroatoms. The highest BCUT2D eigenvalue weighted by molar-refractivity contribution is 5.98. The Bertz CT molecular complexity index is 1290. The Morgan fingerprint density at radius 3 is 1.90 bits per heavy atom. The third kappa shape index (κ3) is 6.43. The van der Waals surface area contributed by atoms with Crippen molar-refractivity contribution in [2.45, 2.75) is 44.0 Å². The topological polar surface area (TPSA) is 116 Å². The largest absolute Gasteiger partial charge is 0.488 e. The number of ether oxygens (including phenoxy) is 2. The first-order valence-electron chi connectivity index (χ1n) is 13.5. The number of carbonyl (C=O) groups is 1. The summed E-state index contributed by atoms with van der Waals surface area (Å²) in [6.45, 7) is 2.76. The summed E-state index contributed by atoms with van der Waals surface area (Å²) in [5.41, 5.74) is 5.79. The zero-order valence-corrected chi connectivity index (χ0v) is 23.1. The minimum Gasteiger partial charge on any atom is -0.488 e. The van der Waals surface area contributed by atoms with Crippen molar-refractivity contribution in [2.24, 2.45) is 0 Å². The minimum atomic E-state index is -1.72. The second-order valence-electron chi connectivity index (χ2n) is 10.6. The van der Waals surface area contributed by atoms with Gasteiger partial charge in [0.1, 0.15) is 31.1 Å². The van der Waals surface area contributed by atoms with Gasteiger partial charge in [0.15, 0.2) is 12.2 Å². The molecule has 5 atom stereocenters. The second kappa shape index (κ2) is 12.8. The molecule has 0 aromatic heterocycles. The van der Waals surface area contributed by atoms with Gasteiger partial charge < -0.3 is 29.9 Å². The van der Waals surface area contributed by atoms with Gasteiger partial charge in [0.25, 0.3) is 0 Å². The van der Waals surface area contributed by atoms with Crippen LogP contribution in [0.2, 0.25) is 0 Å². The van der Waals surface area contributed by atoms with Crippen LogP contribution >= 0.6 is 0 Å². The molecular formula is C32H38NO7+. The second-order valence-corrected chi connectivity index (χ2v) is 10.6. The van der Waals surface area contributed by atoms with E-state index in [-0.39, 0.29) is 11.1 Å². The average Bonchev–Trinajstić information content (AvgIpc) is 2.95. The summed E-state index contributed by atoms with van der Waals surface area (Å²) in [6, 6.07) is 28.6. The van der Waals surface area contributed by atoms with Gasteiger partial charge in [0.05, 0.1) is 14.1 Å². The van der Waals surface area contributed by atoms with Gasteiger partial charge in [-0.25, -0.2) is 4.79 Å². The Balaban J connectivity index is 1.50. The van der Waals surface area contributed by atoms with Gasteiger partial charge in [-0.05, 0) is 46.4 Å². The van der Waals surface area contributed by atoms with Crippen molar-refractivity contribution in [3.8, 4) is 5.75 Å². The molecule has 0 amide bonds. The van der Waals surface area contributed by atoms with Crippen LogP contribution in [0.25, 0.3) is 11.1 Å². The predicted octanol–water partition coefficient (Wildman–Crippen LogP) is 3.40. The quantitative estimate of drug-likeness (QED) is 0.227. The fourth-order valence-corrected chi connectivity index (χ4v) is 5.17. The van der Waals surface area contributed by atoms with Gasteiger partial charge in [0.2, 0.25) is 6.23 Å². The molecule has 0 saturated carbocycles. The van der Waals surface area contributed by atoms with Crippen molar-refractivity contribution >= 4 is 17.1 Å². The Morgan fingerprint density at radius 1 is 0.800 bits per heavy atom. The highest BCUT2D eigenvalue weighted by Crippen LogP contribution is 2.35. The van der Waals surface area contributed by atoms with Gasteiger partial charge >= 0.3 is 5.97 Å². The van der Waals surface area contributed by atoms with E-state index >= 15 is 0 Å². The number of aliphatic carboxylic acids is 1. The molecule has 4 N–H and O–H groups in total. The number of benzene rings is 3. The van der Waals surface area contributed by atoms with Crippen LogP contribution in [-0.2, 0) is 9.53 Å². The highest BCUT2D eigenvalue weighted by Gasteiger charge is 2.52. The molecule has 4 rings (SSSR count). The molecular weight excluding hydrogens is 510 g/mol. The van der Waals surface area contributed by atoms with Crippen molar-refractivity contribution in [1.82, 2.24) is 0 Å². The van der Waals surface area contributed by atoms with Gasteiger partial charge in [0, 0.05) is 0 Å². The maximum atomic E-state index is 11.5. The number of hydrogen-bond donors (Lipinski definition) is 4. The van der Waals surface area contributed by atoms with Crippen LogP contribution in [-0.4, -0.2) is 88.8 Å². The molecule has 3 aromatic rings. The maximum Gasteiger partial charge on any atom is 0.335 e. The molecule has 212 valence electrons. The lowest BCUT2D eigenvalue weighted by Crippen LogP contribution is -2.68. The summed E-state index contributed by atoms with van der Waals surface area (Å²) in [5.74, 6) is -0.736. The van der Waals surface area contributed by atoms with Crippen molar-refractivity contribution in [1.29, 1.82) is 0 Å². The fourth-order valence-electron chi connectivity index (χ4n) is 5.17. The molecule has 1 aliphatic rings. The molecule has 1 fully saturated rings. The lowest BCUT2D eigenvalue weighted by atomic mass is 9.88. The number of nitrogens with zero attached hydrogens (tertiary/aromatic N) is 1. The first-order chi connectivity index (χ1) is 19.1. The van der Waals surface area contributed by atoms with E-state index in [9.17, 15) is 25.2 Å². The molecule has 3 aromatic carbocycles. The van der Waals surface area contributed by atoms with Crippen LogP contribution in [0.5, 0.6) is 5.75 Å². The zero-order chi connectivity index (χ0) is 28.9. The molecule has 1 saturated heterocycles. The summed E-state index contributed by atoms with van der Waals surface area (Å²) in [6.07, 6.45) is -6.65. The monoisotopic (exact) mass is 548 g/mol. The minimum absolute atomic E-state index is 0.0185. The number of quaternary nitrogens is 1. The van der Waals surface area contributed by atoms with Crippen molar-refractivity contribution < 1.29 is 39.2 Å². The Labute approximate surface area is 234 Å². The lowest BCUT2D eigenvalue weighted by molar-refractivity contribution is -0.944. The Kier molecular flexibility index (Phi) is 9.40. The van der Waals surface area contributed by atoms with E-state index in [0.717, 1.165) is 23.1 Å². The predicted molar refractivity (Wildman–Crippen MR) is 152 cm³/mol. The first kappa shape index (κ1) is 29.5. The normalized spacial score (nSPS) is 23.8. The van der Waals surface area contributed by atoms with Gasteiger partial charge in [-0.3, -0.25) is 4.48 Å².